The van der Waals surface area contributed by atoms with Gasteiger partial charge in [0.15, 0.2) is 5.78 Å². The van der Waals surface area contributed by atoms with Gasteiger partial charge >= 0.3 is 0 Å². The third-order valence-corrected chi connectivity index (χ3v) is 4.98. The highest BCUT2D eigenvalue weighted by Gasteiger charge is 2.18. The van der Waals surface area contributed by atoms with E-state index in [9.17, 15) is 9.90 Å². The first-order valence-corrected chi connectivity index (χ1v) is 9.56. The molecule has 2 aromatic carbocycles. The molecule has 1 N–H and O–H groups in total. The molecule has 1 unspecified atom stereocenters. The molecule has 3 rings (SSSR count). The summed E-state index contributed by atoms with van der Waals surface area (Å²) in [4.78, 5) is 16.1. The number of benzene rings is 2. The zero-order chi connectivity index (χ0) is 19.1. The van der Waals surface area contributed by atoms with Crippen molar-refractivity contribution in [1.82, 2.24) is 4.90 Å². The second kappa shape index (κ2) is 9.53. The highest BCUT2D eigenvalue weighted by atomic mass is 16.5. The number of carbonyl (C=O) groups is 1. The van der Waals surface area contributed by atoms with E-state index >= 15 is 0 Å². The predicted molar refractivity (Wildman–Crippen MR) is 108 cm³/mol. The smallest absolute Gasteiger partial charge is 0.159 e. The Kier molecular flexibility index (Phi) is 6.85. The SMILES string of the molecule is CC(=O)c1ccc(OCC(O)CCN2CCN(c3ccccc3)CC2)cc1. The summed E-state index contributed by atoms with van der Waals surface area (Å²) >= 11 is 0. The van der Waals surface area contributed by atoms with E-state index in [-0.39, 0.29) is 12.4 Å². The number of aliphatic hydroxyl groups is 1. The topological polar surface area (TPSA) is 53.0 Å². The highest BCUT2D eigenvalue weighted by molar-refractivity contribution is 5.94. The fraction of sp³-hybridized carbons (Fsp3) is 0.409. The molecule has 27 heavy (non-hydrogen) atoms. The monoisotopic (exact) mass is 368 g/mol. The molecule has 5 nitrogen and oxygen atoms in total. The van der Waals surface area contributed by atoms with Gasteiger partial charge in [-0.05, 0) is 49.7 Å². The Morgan fingerprint density at radius 2 is 1.70 bits per heavy atom. The third kappa shape index (κ3) is 5.81. The molecule has 0 aliphatic carbocycles. The number of anilines is 1. The lowest BCUT2D eigenvalue weighted by Gasteiger charge is -2.36. The number of Topliss-reactive ketones (excluding diaryl/α,β-unsaturated/α-hetero) is 1. The lowest BCUT2D eigenvalue weighted by atomic mass is 10.1. The summed E-state index contributed by atoms with van der Waals surface area (Å²) < 4.78 is 5.63. The minimum atomic E-state index is -0.496. The van der Waals surface area contributed by atoms with Gasteiger partial charge in [0, 0.05) is 44.0 Å². The summed E-state index contributed by atoms with van der Waals surface area (Å²) in [6.07, 6.45) is 0.196. The van der Waals surface area contributed by atoms with Crippen LogP contribution in [-0.2, 0) is 0 Å². The zero-order valence-electron chi connectivity index (χ0n) is 15.9. The van der Waals surface area contributed by atoms with Gasteiger partial charge in [-0.15, -0.1) is 0 Å². The van der Waals surface area contributed by atoms with Crippen LogP contribution in [0.15, 0.2) is 54.6 Å². The molecule has 1 aliphatic heterocycles. The molecule has 0 aromatic heterocycles. The van der Waals surface area contributed by atoms with Gasteiger partial charge in [-0.1, -0.05) is 18.2 Å². The first-order valence-electron chi connectivity index (χ1n) is 9.56. The van der Waals surface area contributed by atoms with Crippen molar-refractivity contribution in [2.75, 3.05) is 44.2 Å². The maximum atomic E-state index is 11.3. The Hall–Kier alpha value is -2.37. The Bertz CT molecular complexity index is 710. The van der Waals surface area contributed by atoms with Gasteiger partial charge in [0.25, 0.3) is 0 Å². The van der Waals surface area contributed by atoms with E-state index in [1.165, 1.54) is 5.69 Å². The molecule has 1 aliphatic rings. The highest BCUT2D eigenvalue weighted by Crippen LogP contribution is 2.16. The van der Waals surface area contributed by atoms with Crippen LogP contribution in [0.3, 0.4) is 0 Å². The van der Waals surface area contributed by atoms with E-state index in [1.807, 2.05) is 6.07 Å². The fourth-order valence-corrected chi connectivity index (χ4v) is 3.26. The van der Waals surface area contributed by atoms with E-state index in [1.54, 1.807) is 31.2 Å². The average molecular weight is 368 g/mol. The van der Waals surface area contributed by atoms with Crippen LogP contribution in [0, 0.1) is 0 Å². The van der Waals surface area contributed by atoms with Crippen molar-refractivity contribution < 1.29 is 14.6 Å². The summed E-state index contributed by atoms with van der Waals surface area (Å²) in [6.45, 7) is 6.72. The molecule has 5 heteroatoms. The lowest BCUT2D eigenvalue weighted by molar-refractivity contribution is 0.0866. The number of ketones is 1. The molecule has 144 valence electrons. The average Bonchev–Trinajstić information content (AvgIpc) is 2.72. The molecule has 0 saturated carbocycles. The Balaban J connectivity index is 1.35. The first-order chi connectivity index (χ1) is 13.1. The molecule has 0 bridgehead atoms. The van der Waals surface area contributed by atoms with E-state index in [2.05, 4.69) is 34.1 Å². The van der Waals surface area contributed by atoms with Gasteiger partial charge in [0.2, 0.25) is 0 Å². The maximum Gasteiger partial charge on any atom is 0.159 e. The molecule has 1 heterocycles. The van der Waals surface area contributed by atoms with Gasteiger partial charge in [-0.3, -0.25) is 9.69 Å². The third-order valence-electron chi connectivity index (χ3n) is 4.98. The van der Waals surface area contributed by atoms with E-state index in [0.29, 0.717) is 17.7 Å². The van der Waals surface area contributed by atoms with Crippen LogP contribution in [0.2, 0.25) is 0 Å². The van der Waals surface area contributed by atoms with Crippen LogP contribution in [0.25, 0.3) is 0 Å². The second-order valence-corrected chi connectivity index (χ2v) is 7.00. The number of carbonyl (C=O) groups excluding carboxylic acids is 1. The van der Waals surface area contributed by atoms with Crippen LogP contribution in [0.1, 0.15) is 23.7 Å². The number of ether oxygens (including phenoxy) is 1. The van der Waals surface area contributed by atoms with E-state index < -0.39 is 6.10 Å². The predicted octanol–water partition coefficient (Wildman–Crippen LogP) is 2.84. The molecule has 0 amide bonds. The summed E-state index contributed by atoms with van der Waals surface area (Å²) in [5, 5.41) is 10.2. The zero-order valence-corrected chi connectivity index (χ0v) is 15.9. The fourth-order valence-electron chi connectivity index (χ4n) is 3.26. The number of nitrogens with zero attached hydrogens (tertiary/aromatic N) is 2. The molecule has 1 atom stereocenters. The number of para-hydroxylation sites is 1. The van der Waals surface area contributed by atoms with Gasteiger partial charge in [0.1, 0.15) is 12.4 Å². The second-order valence-electron chi connectivity index (χ2n) is 7.00. The van der Waals surface area contributed by atoms with Crippen molar-refractivity contribution in [2.24, 2.45) is 0 Å². The Morgan fingerprint density at radius 1 is 1.04 bits per heavy atom. The minimum Gasteiger partial charge on any atom is -0.491 e. The van der Waals surface area contributed by atoms with Crippen LogP contribution in [0.4, 0.5) is 5.69 Å². The van der Waals surface area contributed by atoms with Crippen molar-refractivity contribution in [3.8, 4) is 5.75 Å². The maximum absolute atomic E-state index is 11.3. The van der Waals surface area contributed by atoms with Crippen LogP contribution in [0.5, 0.6) is 5.75 Å². The Morgan fingerprint density at radius 3 is 2.33 bits per heavy atom. The normalized spacial score (nSPS) is 16.1. The van der Waals surface area contributed by atoms with Gasteiger partial charge in [0.05, 0.1) is 6.10 Å². The summed E-state index contributed by atoms with van der Waals surface area (Å²) in [5.41, 5.74) is 1.94. The summed E-state index contributed by atoms with van der Waals surface area (Å²) in [5.74, 6) is 0.712. The van der Waals surface area contributed by atoms with Crippen molar-refractivity contribution in [1.29, 1.82) is 0 Å². The number of aliphatic hydroxyl groups excluding tert-OH is 1. The van der Waals surface area contributed by atoms with Gasteiger partial charge < -0.3 is 14.7 Å². The largest absolute Gasteiger partial charge is 0.491 e. The van der Waals surface area contributed by atoms with Crippen molar-refractivity contribution in [2.45, 2.75) is 19.4 Å². The van der Waals surface area contributed by atoms with Crippen LogP contribution < -0.4 is 9.64 Å². The number of hydrogen-bond acceptors (Lipinski definition) is 5. The molecule has 2 aromatic rings. The van der Waals surface area contributed by atoms with Crippen molar-refractivity contribution in [3.63, 3.8) is 0 Å². The molecule has 0 radical (unpaired) electrons. The first kappa shape index (κ1) is 19.4. The van der Waals surface area contributed by atoms with E-state index in [0.717, 1.165) is 32.7 Å². The van der Waals surface area contributed by atoms with Gasteiger partial charge in [-0.25, -0.2) is 0 Å². The quantitative estimate of drug-likeness (QED) is 0.726. The molecular formula is C22H28N2O3. The molecule has 1 fully saturated rings. The Labute approximate surface area is 161 Å². The van der Waals surface area contributed by atoms with Crippen molar-refractivity contribution in [3.05, 3.63) is 60.2 Å². The summed E-state index contributed by atoms with van der Waals surface area (Å²) in [6, 6.07) is 17.5. The molecular weight excluding hydrogens is 340 g/mol. The van der Waals surface area contributed by atoms with E-state index in [4.69, 9.17) is 4.74 Å². The lowest BCUT2D eigenvalue weighted by Crippen LogP contribution is -2.47. The number of hydrogen-bond donors (Lipinski definition) is 1. The number of piperazine rings is 1. The standard InChI is InChI=1S/C22H28N2O3/c1-18(25)19-7-9-22(10-8-19)27-17-21(26)11-12-23-13-15-24(16-14-23)20-5-3-2-4-6-20/h2-10,21,26H,11-17H2,1H3. The minimum absolute atomic E-state index is 0.0361. The number of rotatable bonds is 8. The molecule has 1 saturated heterocycles. The van der Waals surface area contributed by atoms with Crippen LogP contribution in [-0.4, -0.2) is 61.2 Å². The van der Waals surface area contributed by atoms with Crippen LogP contribution >= 0.6 is 0 Å². The molecule has 0 spiro atoms. The summed E-state index contributed by atoms with van der Waals surface area (Å²) in [7, 11) is 0. The van der Waals surface area contributed by atoms with Gasteiger partial charge in [-0.2, -0.15) is 0 Å². The van der Waals surface area contributed by atoms with Crippen molar-refractivity contribution >= 4 is 11.5 Å².